The zero-order chi connectivity index (χ0) is 18.4. The largest absolute Gasteiger partial charge is 0.342 e. The zero-order valence-corrected chi connectivity index (χ0v) is 15.7. The molecule has 140 valence electrons. The van der Waals surface area contributed by atoms with E-state index in [4.69, 9.17) is 0 Å². The Bertz CT molecular complexity index is 668. The number of amides is 1. The standard InChI is InChI=1S/C18H27FN2O3S/c1-14(13-25(23,24)17-5-3-16(19)4-6-17)18(22)21-11-8-15(9-12-21)7-10-20-2/h3-6,14-15,20H,7-13H2,1-2H3. The van der Waals surface area contributed by atoms with Gasteiger partial charge in [0.1, 0.15) is 5.82 Å². The molecular weight excluding hydrogens is 343 g/mol. The lowest BCUT2D eigenvalue weighted by Gasteiger charge is -2.33. The Morgan fingerprint density at radius 3 is 2.44 bits per heavy atom. The molecule has 25 heavy (non-hydrogen) atoms. The summed E-state index contributed by atoms with van der Waals surface area (Å²) in [6.07, 6.45) is 3.03. The van der Waals surface area contributed by atoms with Crippen LogP contribution >= 0.6 is 0 Å². The second kappa shape index (κ2) is 8.76. The van der Waals surface area contributed by atoms with Crippen molar-refractivity contribution in [2.24, 2.45) is 11.8 Å². The van der Waals surface area contributed by atoms with Gasteiger partial charge < -0.3 is 10.2 Å². The fraction of sp³-hybridized carbons (Fsp3) is 0.611. The smallest absolute Gasteiger partial charge is 0.226 e. The molecule has 0 saturated carbocycles. The molecule has 1 amide bonds. The van der Waals surface area contributed by atoms with Crippen LogP contribution in [0, 0.1) is 17.7 Å². The first-order chi connectivity index (χ1) is 11.8. The molecule has 1 aromatic carbocycles. The van der Waals surface area contributed by atoms with Crippen molar-refractivity contribution in [3.63, 3.8) is 0 Å². The Hall–Kier alpha value is -1.47. The van der Waals surface area contributed by atoms with Crippen LogP contribution in [0.25, 0.3) is 0 Å². The van der Waals surface area contributed by atoms with E-state index in [9.17, 15) is 17.6 Å². The van der Waals surface area contributed by atoms with Crippen molar-refractivity contribution in [2.75, 3.05) is 32.4 Å². The van der Waals surface area contributed by atoms with E-state index in [1.807, 2.05) is 7.05 Å². The third kappa shape index (κ3) is 5.51. The van der Waals surface area contributed by atoms with Crippen LogP contribution in [-0.4, -0.2) is 51.7 Å². The van der Waals surface area contributed by atoms with E-state index in [2.05, 4.69) is 5.32 Å². The van der Waals surface area contributed by atoms with Gasteiger partial charge in [0, 0.05) is 19.0 Å². The Balaban J connectivity index is 1.91. The minimum absolute atomic E-state index is 0.0549. The van der Waals surface area contributed by atoms with Gasteiger partial charge in [-0.25, -0.2) is 12.8 Å². The van der Waals surface area contributed by atoms with E-state index in [1.54, 1.807) is 11.8 Å². The summed E-state index contributed by atoms with van der Waals surface area (Å²) in [6, 6.07) is 4.73. The molecule has 0 aliphatic carbocycles. The number of carbonyl (C=O) groups is 1. The molecule has 5 nitrogen and oxygen atoms in total. The number of halogens is 1. The highest BCUT2D eigenvalue weighted by Crippen LogP contribution is 2.22. The van der Waals surface area contributed by atoms with Crippen LogP contribution in [0.4, 0.5) is 4.39 Å². The lowest BCUT2D eigenvalue weighted by Crippen LogP contribution is -2.43. The molecule has 2 rings (SSSR count). The highest BCUT2D eigenvalue weighted by atomic mass is 32.2. The van der Waals surface area contributed by atoms with Gasteiger partial charge in [-0.1, -0.05) is 6.92 Å². The van der Waals surface area contributed by atoms with E-state index in [1.165, 1.54) is 12.1 Å². The maximum Gasteiger partial charge on any atom is 0.226 e. The fourth-order valence-electron chi connectivity index (χ4n) is 3.24. The van der Waals surface area contributed by atoms with Crippen LogP contribution in [0.3, 0.4) is 0 Å². The quantitative estimate of drug-likeness (QED) is 0.747. The normalized spacial score (nSPS) is 17.5. The average Bonchev–Trinajstić information content (AvgIpc) is 2.59. The number of nitrogens with one attached hydrogen (secondary N) is 1. The molecule has 0 radical (unpaired) electrons. The number of sulfone groups is 1. The second-order valence-electron chi connectivity index (χ2n) is 6.80. The lowest BCUT2D eigenvalue weighted by atomic mass is 9.93. The lowest BCUT2D eigenvalue weighted by molar-refractivity contribution is -0.135. The highest BCUT2D eigenvalue weighted by molar-refractivity contribution is 7.91. The highest BCUT2D eigenvalue weighted by Gasteiger charge is 2.29. The molecule has 1 aliphatic rings. The minimum atomic E-state index is -3.61. The van der Waals surface area contributed by atoms with Crippen LogP contribution in [0.1, 0.15) is 26.2 Å². The summed E-state index contributed by atoms with van der Waals surface area (Å²) >= 11 is 0. The van der Waals surface area contributed by atoms with E-state index in [0.717, 1.165) is 37.9 Å². The summed E-state index contributed by atoms with van der Waals surface area (Å²) in [7, 11) is -1.67. The van der Waals surface area contributed by atoms with Gasteiger partial charge >= 0.3 is 0 Å². The van der Waals surface area contributed by atoms with Gasteiger partial charge in [-0.15, -0.1) is 0 Å². The van der Waals surface area contributed by atoms with Gasteiger partial charge in [-0.3, -0.25) is 4.79 Å². The van der Waals surface area contributed by atoms with Crippen molar-refractivity contribution >= 4 is 15.7 Å². The molecule has 1 saturated heterocycles. The van der Waals surface area contributed by atoms with Crippen LogP contribution in [-0.2, 0) is 14.6 Å². The van der Waals surface area contributed by atoms with Crippen molar-refractivity contribution in [3.05, 3.63) is 30.1 Å². The Labute approximate surface area is 149 Å². The molecule has 1 heterocycles. The summed E-state index contributed by atoms with van der Waals surface area (Å²) in [6.45, 7) is 4.00. The van der Waals surface area contributed by atoms with E-state index in [0.29, 0.717) is 19.0 Å². The predicted molar refractivity (Wildman–Crippen MR) is 95.5 cm³/mol. The molecular formula is C18H27FN2O3S. The first kappa shape index (κ1) is 19.8. The number of piperidine rings is 1. The predicted octanol–water partition coefficient (Wildman–Crippen LogP) is 2.08. The monoisotopic (exact) mass is 370 g/mol. The number of rotatable bonds is 7. The van der Waals surface area contributed by atoms with Crippen molar-refractivity contribution in [1.82, 2.24) is 10.2 Å². The van der Waals surface area contributed by atoms with Gasteiger partial charge in [-0.05, 0) is 63.0 Å². The SMILES string of the molecule is CNCCC1CCN(C(=O)C(C)CS(=O)(=O)c2ccc(F)cc2)CC1. The van der Waals surface area contributed by atoms with Crippen molar-refractivity contribution in [1.29, 1.82) is 0 Å². The molecule has 1 aliphatic heterocycles. The van der Waals surface area contributed by atoms with Gasteiger partial charge in [0.25, 0.3) is 0 Å². The van der Waals surface area contributed by atoms with Crippen molar-refractivity contribution < 1.29 is 17.6 Å². The molecule has 1 unspecified atom stereocenters. The summed E-state index contributed by atoms with van der Waals surface area (Å²) in [4.78, 5) is 14.4. The third-order valence-electron chi connectivity index (χ3n) is 4.79. The topological polar surface area (TPSA) is 66.5 Å². The van der Waals surface area contributed by atoms with Gasteiger partial charge in [0.05, 0.1) is 10.6 Å². The van der Waals surface area contributed by atoms with Crippen LogP contribution in [0.5, 0.6) is 0 Å². The second-order valence-corrected chi connectivity index (χ2v) is 8.83. The molecule has 1 atom stereocenters. The zero-order valence-electron chi connectivity index (χ0n) is 14.9. The Kier molecular flexibility index (Phi) is 6.95. The molecule has 1 fully saturated rings. The van der Waals surface area contributed by atoms with Gasteiger partial charge in [0.15, 0.2) is 9.84 Å². The van der Waals surface area contributed by atoms with Gasteiger partial charge in [-0.2, -0.15) is 0 Å². The number of hydrogen-bond donors (Lipinski definition) is 1. The first-order valence-electron chi connectivity index (χ1n) is 8.75. The van der Waals surface area contributed by atoms with Crippen LogP contribution in [0.15, 0.2) is 29.2 Å². The molecule has 7 heteroatoms. The molecule has 1 aromatic rings. The minimum Gasteiger partial charge on any atom is -0.342 e. The molecule has 0 bridgehead atoms. The van der Waals surface area contributed by atoms with E-state index < -0.39 is 21.6 Å². The maximum atomic E-state index is 13.0. The number of benzene rings is 1. The van der Waals surface area contributed by atoms with Crippen LogP contribution < -0.4 is 5.32 Å². The molecule has 0 spiro atoms. The summed E-state index contributed by atoms with van der Waals surface area (Å²) in [5.74, 6) is -0.836. The summed E-state index contributed by atoms with van der Waals surface area (Å²) < 4.78 is 37.8. The van der Waals surface area contributed by atoms with E-state index in [-0.39, 0.29) is 16.6 Å². The Morgan fingerprint density at radius 1 is 1.28 bits per heavy atom. The number of nitrogens with zero attached hydrogens (tertiary/aromatic N) is 1. The number of hydrogen-bond acceptors (Lipinski definition) is 4. The van der Waals surface area contributed by atoms with E-state index >= 15 is 0 Å². The van der Waals surface area contributed by atoms with Gasteiger partial charge in [0.2, 0.25) is 5.91 Å². The summed E-state index contributed by atoms with van der Waals surface area (Å²) in [5, 5.41) is 3.14. The fourth-order valence-corrected chi connectivity index (χ4v) is 4.78. The molecule has 0 aromatic heterocycles. The Morgan fingerprint density at radius 2 is 1.88 bits per heavy atom. The van der Waals surface area contributed by atoms with Crippen LogP contribution in [0.2, 0.25) is 0 Å². The summed E-state index contributed by atoms with van der Waals surface area (Å²) in [5.41, 5.74) is 0. The van der Waals surface area contributed by atoms with Crippen molar-refractivity contribution in [2.45, 2.75) is 31.1 Å². The number of carbonyl (C=O) groups excluding carboxylic acids is 1. The first-order valence-corrected chi connectivity index (χ1v) is 10.4. The third-order valence-corrected chi connectivity index (χ3v) is 6.72. The maximum absolute atomic E-state index is 13.0. The number of likely N-dealkylation sites (tertiary alicyclic amines) is 1. The average molecular weight is 370 g/mol. The molecule has 1 N–H and O–H groups in total. The van der Waals surface area contributed by atoms with Crippen molar-refractivity contribution in [3.8, 4) is 0 Å².